The van der Waals surface area contributed by atoms with Gasteiger partial charge < -0.3 is 16.8 Å². The Kier molecular flexibility index (Phi) is 5.70. The highest BCUT2D eigenvalue weighted by molar-refractivity contribution is 8.13. The minimum absolute atomic E-state index is 0.137. The summed E-state index contributed by atoms with van der Waals surface area (Å²) in [4.78, 5) is 16.7. The molecule has 0 saturated heterocycles. The molecular formula is C20H23FN4OS. The maximum absolute atomic E-state index is 14.4. The van der Waals surface area contributed by atoms with Crippen LogP contribution in [0.2, 0.25) is 0 Å². The predicted octanol–water partition coefficient (Wildman–Crippen LogP) is 3.65. The molecule has 5 nitrogen and oxygen atoms in total. The number of carbonyl (C=O) groups excluding carboxylic acids is 1. The molecule has 0 aliphatic carbocycles. The first-order valence-corrected chi connectivity index (χ1v) is 9.77. The Hall–Kier alpha value is -2.54. The number of thioether (sulfide) groups is 1. The molecule has 142 valence electrons. The van der Waals surface area contributed by atoms with Gasteiger partial charge in [-0.05, 0) is 55.7 Å². The smallest absolute Gasteiger partial charge is 0.224 e. The number of aryl methyl sites for hydroxylation is 1. The van der Waals surface area contributed by atoms with Gasteiger partial charge in [-0.3, -0.25) is 9.79 Å². The van der Waals surface area contributed by atoms with Crippen LogP contribution >= 0.6 is 11.8 Å². The lowest BCUT2D eigenvalue weighted by Crippen LogP contribution is -2.29. The molecule has 2 aromatic carbocycles. The van der Waals surface area contributed by atoms with Gasteiger partial charge in [-0.15, -0.1) is 0 Å². The van der Waals surface area contributed by atoms with Gasteiger partial charge in [0, 0.05) is 29.1 Å². The summed E-state index contributed by atoms with van der Waals surface area (Å²) in [5.41, 5.74) is 13.5. The van der Waals surface area contributed by atoms with Gasteiger partial charge in [0.15, 0.2) is 5.17 Å². The van der Waals surface area contributed by atoms with Gasteiger partial charge in [0.25, 0.3) is 0 Å². The molecule has 0 radical (unpaired) electrons. The number of nitrogens with one attached hydrogen (secondary N) is 1. The standard InChI is InChI=1S/C20H23FN4OS/c1-20(9-10-27-19(23)25-20)16-12-15(6-7-17(16)21)24-18(26)8-5-13-3-2-4-14(22)11-13/h2-4,6-7,11-12H,5,8-10,22H2,1H3,(H2,23,25)(H,24,26)/t20-/m0/s1. The highest BCUT2D eigenvalue weighted by Gasteiger charge is 2.32. The van der Waals surface area contributed by atoms with Crippen LogP contribution in [0.25, 0.3) is 0 Å². The summed E-state index contributed by atoms with van der Waals surface area (Å²) in [6.07, 6.45) is 1.58. The van der Waals surface area contributed by atoms with Crippen molar-refractivity contribution in [1.82, 2.24) is 0 Å². The predicted molar refractivity (Wildman–Crippen MR) is 110 cm³/mol. The van der Waals surface area contributed by atoms with Crippen molar-refractivity contribution in [2.75, 3.05) is 16.8 Å². The quantitative estimate of drug-likeness (QED) is 0.684. The second kappa shape index (κ2) is 8.00. The third-order valence-electron chi connectivity index (χ3n) is 4.62. The van der Waals surface area contributed by atoms with Crippen LogP contribution in [0.3, 0.4) is 0 Å². The fraction of sp³-hybridized carbons (Fsp3) is 0.300. The summed E-state index contributed by atoms with van der Waals surface area (Å²) in [5, 5.41) is 3.30. The fourth-order valence-corrected chi connectivity index (χ4v) is 4.10. The lowest BCUT2D eigenvalue weighted by Gasteiger charge is -2.30. The van der Waals surface area contributed by atoms with Crippen molar-refractivity contribution in [3.8, 4) is 0 Å². The molecular weight excluding hydrogens is 363 g/mol. The van der Waals surface area contributed by atoms with Crippen LogP contribution < -0.4 is 16.8 Å². The third-order valence-corrected chi connectivity index (χ3v) is 5.41. The second-order valence-corrected chi connectivity index (χ2v) is 7.93. The molecule has 1 aliphatic rings. The number of nitrogens with zero attached hydrogens (tertiary/aromatic N) is 1. The van der Waals surface area contributed by atoms with E-state index >= 15 is 0 Å². The summed E-state index contributed by atoms with van der Waals surface area (Å²) < 4.78 is 14.4. The molecule has 0 aromatic heterocycles. The summed E-state index contributed by atoms with van der Waals surface area (Å²) in [6.45, 7) is 1.86. The van der Waals surface area contributed by atoms with Crippen LogP contribution in [-0.2, 0) is 16.8 Å². The van der Waals surface area contributed by atoms with Crippen molar-refractivity contribution in [3.63, 3.8) is 0 Å². The molecule has 0 bridgehead atoms. The molecule has 2 aromatic rings. The van der Waals surface area contributed by atoms with Crippen molar-refractivity contribution in [3.05, 3.63) is 59.4 Å². The first kappa shape index (κ1) is 19.2. The van der Waals surface area contributed by atoms with Gasteiger partial charge in [-0.1, -0.05) is 23.9 Å². The van der Waals surface area contributed by atoms with E-state index in [0.29, 0.717) is 41.4 Å². The zero-order chi connectivity index (χ0) is 19.4. The molecule has 1 amide bonds. The maximum Gasteiger partial charge on any atom is 0.224 e. The average molecular weight is 386 g/mol. The number of nitrogens with two attached hydrogens (primary N) is 2. The van der Waals surface area contributed by atoms with Crippen molar-refractivity contribution < 1.29 is 9.18 Å². The molecule has 1 atom stereocenters. The van der Waals surface area contributed by atoms with E-state index in [4.69, 9.17) is 11.5 Å². The third kappa shape index (κ3) is 4.80. The summed E-state index contributed by atoms with van der Waals surface area (Å²) >= 11 is 1.47. The number of aliphatic imine (C=N–C) groups is 1. The minimum atomic E-state index is -0.721. The summed E-state index contributed by atoms with van der Waals surface area (Å²) in [6, 6.07) is 12.0. The largest absolute Gasteiger partial charge is 0.399 e. The van der Waals surface area contributed by atoms with Crippen LogP contribution in [-0.4, -0.2) is 16.8 Å². The molecule has 0 spiro atoms. The molecule has 1 aliphatic heterocycles. The van der Waals surface area contributed by atoms with Gasteiger partial charge in [0.2, 0.25) is 5.91 Å². The van der Waals surface area contributed by atoms with E-state index in [-0.39, 0.29) is 11.7 Å². The average Bonchev–Trinajstić information content (AvgIpc) is 2.61. The van der Waals surface area contributed by atoms with Crippen LogP contribution in [0.1, 0.15) is 30.9 Å². The molecule has 0 fully saturated rings. The highest BCUT2D eigenvalue weighted by atomic mass is 32.2. The van der Waals surface area contributed by atoms with Gasteiger partial charge in [-0.2, -0.15) is 0 Å². The number of amidine groups is 1. The molecule has 3 rings (SSSR count). The molecule has 0 saturated carbocycles. The Bertz CT molecular complexity index is 886. The first-order chi connectivity index (χ1) is 12.9. The van der Waals surface area contributed by atoms with E-state index in [1.54, 1.807) is 12.1 Å². The highest BCUT2D eigenvalue weighted by Crippen LogP contribution is 2.37. The van der Waals surface area contributed by atoms with Crippen molar-refractivity contribution >= 4 is 34.2 Å². The Balaban J connectivity index is 1.70. The molecule has 7 heteroatoms. The number of benzene rings is 2. The molecule has 5 N–H and O–H groups in total. The van der Waals surface area contributed by atoms with E-state index in [1.165, 1.54) is 17.8 Å². The van der Waals surface area contributed by atoms with Crippen LogP contribution in [0.15, 0.2) is 47.5 Å². The lowest BCUT2D eigenvalue weighted by molar-refractivity contribution is -0.116. The summed E-state index contributed by atoms with van der Waals surface area (Å²) in [5.74, 6) is 0.295. The van der Waals surface area contributed by atoms with Crippen LogP contribution in [0.5, 0.6) is 0 Å². The number of rotatable bonds is 5. The van der Waals surface area contributed by atoms with Gasteiger partial charge in [0.1, 0.15) is 5.82 Å². The van der Waals surface area contributed by atoms with E-state index in [0.717, 1.165) is 11.3 Å². The van der Waals surface area contributed by atoms with Gasteiger partial charge in [-0.25, -0.2) is 4.39 Å². The number of amides is 1. The zero-order valence-corrected chi connectivity index (χ0v) is 16.0. The van der Waals surface area contributed by atoms with Crippen molar-refractivity contribution in [2.24, 2.45) is 10.7 Å². The lowest BCUT2D eigenvalue weighted by atomic mass is 9.89. The zero-order valence-electron chi connectivity index (χ0n) is 15.2. The fourth-order valence-electron chi connectivity index (χ4n) is 3.13. The second-order valence-electron chi connectivity index (χ2n) is 6.81. The molecule has 27 heavy (non-hydrogen) atoms. The molecule has 1 heterocycles. The van der Waals surface area contributed by atoms with E-state index in [1.807, 2.05) is 31.2 Å². The topological polar surface area (TPSA) is 93.5 Å². The van der Waals surface area contributed by atoms with Crippen molar-refractivity contribution in [1.29, 1.82) is 0 Å². The van der Waals surface area contributed by atoms with Gasteiger partial charge >= 0.3 is 0 Å². The maximum atomic E-state index is 14.4. The van der Waals surface area contributed by atoms with E-state index in [2.05, 4.69) is 10.3 Å². The Morgan fingerprint density at radius 3 is 2.85 bits per heavy atom. The molecule has 0 unspecified atom stereocenters. The Labute approximate surface area is 162 Å². The number of hydrogen-bond acceptors (Lipinski definition) is 5. The number of halogens is 1. The first-order valence-electron chi connectivity index (χ1n) is 8.78. The van der Waals surface area contributed by atoms with Crippen molar-refractivity contribution in [2.45, 2.75) is 31.7 Å². The Morgan fingerprint density at radius 2 is 2.11 bits per heavy atom. The SMILES string of the molecule is C[C@@]1(c2cc(NC(=O)CCc3cccc(N)c3)ccc2F)CCSC(N)=N1. The minimum Gasteiger partial charge on any atom is -0.399 e. The summed E-state index contributed by atoms with van der Waals surface area (Å²) in [7, 11) is 0. The van der Waals surface area contributed by atoms with Gasteiger partial charge in [0.05, 0.1) is 5.54 Å². The normalized spacial score (nSPS) is 19.4. The van der Waals surface area contributed by atoms with E-state index < -0.39 is 5.54 Å². The van der Waals surface area contributed by atoms with Crippen LogP contribution in [0, 0.1) is 5.82 Å². The number of nitrogen functional groups attached to an aromatic ring is 1. The Morgan fingerprint density at radius 1 is 1.30 bits per heavy atom. The number of anilines is 2. The number of carbonyl (C=O) groups is 1. The monoisotopic (exact) mass is 386 g/mol. The van der Waals surface area contributed by atoms with Crippen LogP contribution in [0.4, 0.5) is 15.8 Å². The van der Waals surface area contributed by atoms with E-state index in [9.17, 15) is 9.18 Å². The number of hydrogen-bond donors (Lipinski definition) is 3.